The molecule has 0 spiro atoms. The number of aliphatic hydroxyl groups excluding tert-OH is 1. The van der Waals surface area contributed by atoms with Crippen LogP contribution in [0.1, 0.15) is 36.5 Å². The number of nitrogens with zero attached hydrogens (tertiary/aromatic N) is 5. The average molecular weight is 446 g/mol. The van der Waals surface area contributed by atoms with Crippen LogP contribution in [0, 0.1) is 11.3 Å². The second-order valence-corrected chi connectivity index (χ2v) is 9.74. The van der Waals surface area contributed by atoms with Gasteiger partial charge in [0, 0.05) is 11.6 Å². The van der Waals surface area contributed by atoms with E-state index < -0.39 is 0 Å². The van der Waals surface area contributed by atoms with Gasteiger partial charge in [0.2, 0.25) is 0 Å². The lowest BCUT2D eigenvalue weighted by Crippen LogP contribution is -2.07. The van der Waals surface area contributed by atoms with Crippen LogP contribution < -0.4 is 0 Å². The van der Waals surface area contributed by atoms with Crippen molar-refractivity contribution in [3.8, 4) is 11.8 Å². The van der Waals surface area contributed by atoms with E-state index in [1.165, 1.54) is 23.1 Å². The van der Waals surface area contributed by atoms with Crippen molar-refractivity contribution >= 4 is 38.9 Å². The molecule has 1 N–H and O–H groups in total. The van der Waals surface area contributed by atoms with Crippen molar-refractivity contribution in [2.24, 2.45) is 0 Å². The van der Waals surface area contributed by atoms with E-state index in [0.29, 0.717) is 16.1 Å². The smallest absolute Gasteiger partial charge is 0.196 e. The van der Waals surface area contributed by atoms with Gasteiger partial charge in [0.25, 0.3) is 0 Å². The monoisotopic (exact) mass is 445 g/mol. The summed E-state index contributed by atoms with van der Waals surface area (Å²) in [5.74, 6) is 1.39. The van der Waals surface area contributed by atoms with Crippen LogP contribution in [0.15, 0.2) is 65.5 Å². The quantitative estimate of drug-likeness (QED) is 0.232. The molecule has 0 amide bonds. The van der Waals surface area contributed by atoms with Crippen molar-refractivity contribution < 1.29 is 5.11 Å². The molecule has 1 aliphatic carbocycles. The van der Waals surface area contributed by atoms with E-state index in [-0.39, 0.29) is 16.6 Å². The molecular formula is C23H19N5OS2. The molecule has 1 saturated carbocycles. The van der Waals surface area contributed by atoms with Gasteiger partial charge < -0.3 is 5.11 Å². The van der Waals surface area contributed by atoms with E-state index in [1.807, 2.05) is 61.5 Å². The number of hydrogen-bond acceptors (Lipinski definition) is 7. The molecule has 4 aromatic rings. The Kier molecular flexibility index (Phi) is 5.22. The van der Waals surface area contributed by atoms with Crippen LogP contribution in [0.2, 0.25) is 0 Å². The third kappa shape index (κ3) is 3.82. The number of aliphatic hydroxyl groups is 1. The molecule has 0 bridgehead atoms. The summed E-state index contributed by atoms with van der Waals surface area (Å²) in [7, 11) is 0. The van der Waals surface area contributed by atoms with E-state index in [2.05, 4.69) is 25.8 Å². The molecule has 2 aromatic carbocycles. The zero-order valence-corrected chi connectivity index (χ0v) is 18.4. The maximum Gasteiger partial charge on any atom is 0.196 e. The molecule has 0 radical (unpaired) electrons. The highest BCUT2D eigenvalue weighted by molar-refractivity contribution is 7.99. The van der Waals surface area contributed by atoms with Crippen molar-refractivity contribution in [1.82, 2.24) is 19.7 Å². The first-order valence-corrected chi connectivity index (χ1v) is 11.7. The van der Waals surface area contributed by atoms with Crippen molar-refractivity contribution in [3.63, 3.8) is 0 Å². The average Bonchev–Trinajstić information content (AvgIpc) is 3.42. The van der Waals surface area contributed by atoms with E-state index in [1.54, 1.807) is 0 Å². The Morgan fingerprint density at radius 1 is 1.16 bits per heavy atom. The Bertz CT molecular complexity index is 1280. The summed E-state index contributed by atoms with van der Waals surface area (Å²) in [6.07, 6.45) is 2.24. The summed E-state index contributed by atoms with van der Waals surface area (Å²) in [6, 6.07) is 19.9. The Morgan fingerprint density at radius 3 is 2.61 bits per heavy atom. The zero-order valence-electron chi connectivity index (χ0n) is 16.8. The number of hydrogen-bond donors (Lipinski definition) is 1. The number of fused-ring (bicyclic) bond motifs is 1. The molecule has 0 saturated heterocycles. The molecule has 2 heterocycles. The summed E-state index contributed by atoms with van der Waals surface area (Å²) in [6.45, 7) is 1.87. The van der Waals surface area contributed by atoms with Crippen molar-refractivity contribution in [3.05, 3.63) is 71.2 Å². The molecule has 6 nitrogen and oxygen atoms in total. The van der Waals surface area contributed by atoms with Crippen LogP contribution in [-0.4, -0.2) is 30.1 Å². The number of rotatable bonds is 6. The van der Waals surface area contributed by atoms with Gasteiger partial charge in [-0.05, 0) is 44.0 Å². The number of allylic oxidation sites excluding steroid dienone is 1. The maximum atomic E-state index is 11.0. The normalized spacial score (nSPS) is 15.5. The number of benzene rings is 2. The molecular weight excluding hydrogens is 426 g/mol. The Morgan fingerprint density at radius 2 is 1.90 bits per heavy atom. The van der Waals surface area contributed by atoms with Gasteiger partial charge in [-0.25, -0.2) is 4.98 Å². The largest absolute Gasteiger partial charge is 0.510 e. The van der Waals surface area contributed by atoms with Gasteiger partial charge in [-0.15, -0.1) is 21.5 Å². The van der Waals surface area contributed by atoms with Crippen LogP contribution >= 0.6 is 23.1 Å². The van der Waals surface area contributed by atoms with Gasteiger partial charge >= 0.3 is 0 Å². The number of para-hydroxylation sites is 2. The second-order valence-electron chi connectivity index (χ2n) is 7.40. The SMILES string of the molecule is CC(Sc1nnc(C2CC2)n1-c1ccccc1)/C(O)=C(\C#N)c1nc2ccccc2s1. The van der Waals surface area contributed by atoms with Crippen LogP contribution in [0.5, 0.6) is 0 Å². The van der Waals surface area contributed by atoms with Crippen LogP contribution in [-0.2, 0) is 0 Å². The minimum Gasteiger partial charge on any atom is -0.510 e. The van der Waals surface area contributed by atoms with Crippen LogP contribution in [0.3, 0.4) is 0 Å². The fourth-order valence-electron chi connectivity index (χ4n) is 3.39. The van der Waals surface area contributed by atoms with Crippen molar-refractivity contribution in [2.45, 2.75) is 36.1 Å². The summed E-state index contributed by atoms with van der Waals surface area (Å²) >= 11 is 2.80. The van der Waals surface area contributed by atoms with Crippen LogP contribution in [0.4, 0.5) is 0 Å². The fourth-order valence-corrected chi connectivity index (χ4v) is 5.30. The summed E-state index contributed by atoms with van der Waals surface area (Å²) < 4.78 is 3.05. The molecule has 1 atom stereocenters. The lowest BCUT2D eigenvalue weighted by atomic mass is 10.2. The third-order valence-corrected chi connectivity index (χ3v) is 7.26. The Labute approximate surface area is 187 Å². The number of thioether (sulfide) groups is 1. The summed E-state index contributed by atoms with van der Waals surface area (Å²) in [4.78, 5) is 4.53. The Hall–Kier alpha value is -3.15. The molecule has 2 aromatic heterocycles. The van der Waals surface area contributed by atoms with Gasteiger partial charge in [-0.2, -0.15) is 5.26 Å². The molecule has 1 unspecified atom stereocenters. The van der Waals surface area contributed by atoms with Gasteiger partial charge in [-0.3, -0.25) is 4.57 Å². The van der Waals surface area contributed by atoms with E-state index in [9.17, 15) is 10.4 Å². The zero-order chi connectivity index (χ0) is 21.4. The first kappa shape index (κ1) is 19.8. The van der Waals surface area contributed by atoms with E-state index >= 15 is 0 Å². The molecule has 31 heavy (non-hydrogen) atoms. The molecule has 154 valence electrons. The minimum absolute atomic E-state index is 0.00198. The van der Waals surface area contributed by atoms with Crippen molar-refractivity contribution in [1.29, 1.82) is 5.26 Å². The predicted octanol–water partition coefficient (Wildman–Crippen LogP) is 5.73. The molecule has 0 aliphatic heterocycles. The molecule has 8 heteroatoms. The number of thiazole rings is 1. The molecule has 5 rings (SSSR count). The lowest BCUT2D eigenvalue weighted by molar-refractivity contribution is 0.402. The minimum atomic E-state index is -0.389. The third-order valence-electron chi connectivity index (χ3n) is 5.16. The lowest BCUT2D eigenvalue weighted by Gasteiger charge is -2.14. The van der Waals surface area contributed by atoms with Gasteiger partial charge in [0.05, 0.1) is 15.5 Å². The van der Waals surface area contributed by atoms with Gasteiger partial charge in [-0.1, -0.05) is 42.1 Å². The first-order valence-electron chi connectivity index (χ1n) is 10.0. The summed E-state index contributed by atoms with van der Waals surface area (Å²) in [5.41, 5.74) is 2.02. The number of aromatic nitrogens is 4. The fraction of sp³-hybridized carbons (Fsp3) is 0.217. The Balaban J connectivity index is 1.49. The topological polar surface area (TPSA) is 87.6 Å². The number of nitriles is 1. The molecule has 1 fully saturated rings. The maximum absolute atomic E-state index is 11.0. The first-order chi connectivity index (χ1) is 15.2. The standard InChI is InChI=1S/C23H19N5OS2/c1-14(20(29)17(13-24)22-25-18-9-5-6-10-19(18)31-22)30-23-27-26-21(15-11-12-15)28(23)16-7-3-2-4-8-16/h2-10,14-15,29H,11-12H2,1H3/b20-17-. The van der Waals surface area contributed by atoms with Crippen molar-refractivity contribution in [2.75, 3.05) is 0 Å². The highest BCUT2D eigenvalue weighted by Gasteiger charge is 2.32. The van der Waals surface area contributed by atoms with E-state index in [4.69, 9.17) is 0 Å². The van der Waals surface area contributed by atoms with Gasteiger partial charge in [0.1, 0.15) is 28.2 Å². The predicted molar refractivity (Wildman–Crippen MR) is 123 cm³/mol. The molecule has 1 aliphatic rings. The van der Waals surface area contributed by atoms with E-state index in [0.717, 1.165) is 34.6 Å². The van der Waals surface area contributed by atoms with Crippen LogP contribution in [0.25, 0.3) is 21.5 Å². The van der Waals surface area contributed by atoms with Gasteiger partial charge in [0.15, 0.2) is 5.16 Å². The second kappa shape index (κ2) is 8.17. The summed E-state index contributed by atoms with van der Waals surface area (Å²) in [5, 5.41) is 30.4. The highest BCUT2D eigenvalue weighted by atomic mass is 32.2. The highest BCUT2D eigenvalue weighted by Crippen LogP contribution is 2.42.